The first-order valence-corrected chi connectivity index (χ1v) is 10.6. The second kappa shape index (κ2) is 10.8. The maximum Gasteiger partial charge on any atom is 0.335 e. The van der Waals surface area contributed by atoms with Crippen LogP contribution < -0.4 is 5.32 Å². The van der Waals surface area contributed by atoms with Crippen LogP contribution in [0.5, 0.6) is 0 Å². The van der Waals surface area contributed by atoms with Crippen molar-refractivity contribution in [2.75, 3.05) is 5.32 Å². The van der Waals surface area contributed by atoms with Crippen molar-refractivity contribution in [1.29, 1.82) is 0 Å². The van der Waals surface area contributed by atoms with Crippen molar-refractivity contribution < 1.29 is 14.7 Å². The maximum atomic E-state index is 12.1. The molecular weight excluding hydrogens is 386 g/mol. The molecule has 164 valence electrons. The zero-order valence-corrected chi connectivity index (χ0v) is 19.2. The molecule has 2 N–H and O–H groups in total. The van der Waals surface area contributed by atoms with Gasteiger partial charge in [0.25, 0.3) is 0 Å². The van der Waals surface area contributed by atoms with Crippen LogP contribution in [0.25, 0.3) is 0 Å². The Bertz CT molecular complexity index is 970. The van der Waals surface area contributed by atoms with Gasteiger partial charge in [-0.3, -0.25) is 4.79 Å². The summed E-state index contributed by atoms with van der Waals surface area (Å²) in [5, 5.41) is 11.6. The number of hydrogen-bond acceptors (Lipinski definition) is 2. The average molecular weight is 420 g/mol. The lowest BCUT2D eigenvalue weighted by molar-refractivity contribution is -0.111. The Labute approximate surface area is 185 Å². The predicted molar refractivity (Wildman–Crippen MR) is 128 cm³/mol. The van der Waals surface area contributed by atoms with Gasteiger partial charge in [0, 0.05) is 11.8 Å². The summed E-state index contributed by atoms with van der Waals surface area (Å²) in [5.41, 5.74) is 5.86. The zero-order valence-electron chi connectivity index (χ0n) is 19.2. The van der Waals surface area contributed by atoms with Gasteiger partial charge in [-0.1, -0.05) is 55.4 Å². The molecule has 0 radical (unpaired) electrons. The fourth-order valence-corrected chi connectivity index (χ4v) is 3.76. The van der Waals surface area contributed by atoms with Crippen LogP contribution in [-0.4, -0.2) is 17.0 Å². The van der Waals surface area contributed by atoms with E-state index >= 15 is 0 Å². The van der Waals surface area contributed by atoms with Crippen LogP contribution in [0.15, 0.2) is 83.0 Å². The number of carboxylic acids is 1. The first-order chi connectivity index (χ1) is 14.6. The number of allylic oxidation sites excluding steroid dienone is 9. The standard InChI is InChI=1S/C27H33NO3/c1-19(11-16-24-21(3)10-7-17-27(24,4)5)8-6-9-20(2)18-25(29)28-23-14-12-22(13-15-23)26(30)31/h6,8-9,11-16,18H,7,10,17H2,1-5H3,(H,28,29)(H,30,31). The van der Waals surface area contributed by atoms with E-state index in [1.165, 1.54) is 48.6 Å². The number of benzene rings is 1. The number of rotatable bonds is 7. The molecule has 0 heterocycles. The first-order valence-electron chi connectivity index (χ1n) is 10.6. The third-order valence-electron chi connectivity index (χ3n) is 5.53. The Hall–Kier alpha value is -3.14. The number of amides is 1. The average Bonchev–Trinajstić information content (AvgIpc) is 2.67. The highest BCUT2D eigenvalue weighted by atomic mass is 16.4. The lowest BCUT2D eigenvalue weighted by Gasteiger charge is -2.32. The van der Waals surface area contributed by atoms with Crippen LogP contribution in [0.4, 0.5) is 5.69 Å². The monoisotopic (exact) mass is 419 g/mol. The van der Waals surface area contributed by atoms with Crippen LogP contribution in [0.2, 0.25) is 0 Å². The van der Waals surface area contributed by atoms with E-state index in [0.717, 1.165) is 11.1 Å². The molecule has 1 aromatic carbocycles. The van der Waals surface area contributed by atoms with E-state index in [1.54, 1.807) is 12.1 Å². The van der Waals surface area contributed by atoms with Crippen LogP contribution in [0.1, 0.15) is 64.2 Å². The number of hydrogen-bond donors (Lipinski definition) is 2. The van der Waals surface area contributed by atoms with Gasteiger partial charge in [-0.25, -0.2) is 4.79 Å². The van der Waals surface area contributed by atoms with Crippen LogP contribution in [-0.2, 0) is 4.79 Å². The number of aromatic carboxylic acids is 1. The third-order valence-corrected chi connectivity index (χ3v) is 5.53. The lowest BCUT2D eigenvalue weighted by atomic mass is 9.72. The highest BCUT2D eigenvalue weighted by Gasteiger charge is 2.26. The molecule has 1 aliphatic carbocycles. The minimum atomic E-state index is -0.994. The Morgan fingerprint density at radius 1 is 1.06 bits per heavy atom. The molecule has 0 unspecified atom stereocenters. The van der Waals surface area contributed by atoms with E-state index in [9.17, 15) is 9.59 Å². The number of carbonyl (C=O) groups is 2. The smallest absolute Gasteiger partial charge is 0.335 e. The molecule has 1 aliphatic rings. The highest BCUT2D eigenvalue weighted by molar-refractivity contribution is 6.00. The van der Waals surface area contributed by atoms with Gasteiger partial charge in [0.2, 0.25) is 5.91 Å². The van der Waals surface area contributed by atoms with E-state index in [-0.39, 0.29) is 16.9 Å². The molecule has 0 fully saturated rings. The lowest BCUT2D eigenvalue weighted by Crippen LogP contribution is -2.19. The molecule has 0 aromatic heterocycles. The van der Waals surface area contributed by atoms with Gasteiger partial charge in [0.15, 0.2) is 0 Å². The summed E-state index contributed by atoms with van der Waals surface area (Å²) >= 11 is 0. The maximum absolute atomic E-state index is 12.1. The molecular formula is C27H33NO3. The molecule has 1 amide bonds. The molecule has 31 heavy (non-hydrogen) atoms. The largest absolute Gasteiger partial charge is 0.478 e. The van der Waals surface area contributed by atoms with Crippen molar-refractivity contribution in [2.45, 2.75) is 53.9 Å². The van der Waals surface area contributed by atoms with Gasteiger partial charge in [0.05, 0.1) is 5.56 Å². The summed E-state index contributed by atoms with van der Waals surface area (Å²) in [6, 6.07) is 6.07. The van der Waals surface area contributed by atoms with Crippen molar-refractivity contribution >= 4 is 17.6 Å². The van der Waals surface area contributed by atoms with Crippen LogP contribution in [0, 0.1) is 5.41 Å². The quantitative estimate of drug-likeness (QED) is 0.375. The summed E-state index contributed by atoms with van der Waals surface area (Å²) in [6.07, 6.45) is 15.4. The van der Waals surface area contributed by atoms with Crippen molar-refractivity contribution in [3.8, 4) is 0 Å². The number of carboxylic acid groups (broad SMARTS) is 1. The van der Waals surface area contributed by atoms with E-state index in [1.807, 2.05) is 25.2 Å². The Morgan fingerprint density at radius 3 is 2.35 bits per heavy atom. The fraction of sp³-hybridized carbons (Fsp3) is 0.333. The summed E-state index contributed by atoms with van der Waals surface area (Å²) in [6.45, 7) is 10.8. The van der Waals surface area contributed by atoms with Crippen LogP contribution >= 0.6 is 0 Å². The second-order valence-electron chi connectivity index (χ2n) is 8.79. The molecule has 1 aromatic rings. The van der Waals surface area contributed by atoms with Crippen LogP contribution in [0.3, 0.4) is 0 Å². The SMILES string of the molecule is CC(C=CC1=C(C)CCCC1(C)C)=CC=CC(C)=CC(=O)Nc1ccc(C(=O)O)cc1. The van der Waals surface area contributed by atoms with Crippen molar-refractivity contribution in [3.05, 3.63) is 88.6 Å². The van der Waals surface area contributed by atoms with Gasteiger partial charge in [-0.05, 0) is 80.9 Å². The summed E-state index contributed by atoms with van der Waals surface area (Å²) < 4.78 is 0. The number of nitrogens with one attached hydrogen (secondary N) is 1. The Kier molecular flexibility index (Phi) is 8.38. The third kappa shape index (κ3) is 7.56. The molecule has 0 aliphatic heterocycles. The molecule has 0 atom stereocenters. The summed E-state index contributed by atoms with van der Waals surface area (Å²) in [5.74, 6) is -1.25. The van der Waals surface area contributed by atoms with E-state index < -0.39 is 5.97 Å². The molecule has 0 saturated heterocycles. The predicted octanol–water partition coefficient (Wildman–Crippen LogP) is 6.85. The summed E-state index contributed by atoms with van der Waals surface area (Å²) in [4.78, 5) is 23.0. The van der Waals surface area contributed by atoms with Crippen molar-refractivity contribution in [1.82, 2.24) is 0 Å². The van der Waals surface area contributed by atoms with Gasteiger partial charge in [0.1, 0.15) is 0 Å². The number of carbonyl (C=O) groups excluding carboxylic acids is 1. The molecule has 0 saturated carbocycles. The van der Waals surface area contributed by atoms with Gasteiger partial charge >= 0.3 is 5.97 Å². The molecule has 4 nitrogen and oxygen atoms in total. The molecule has 0 spiro atoms. The zero-order chi connectivity index (χ0) is 23.0. The first kappa shape index (κ1) is 24.1. The molecule has 4 heteroatoms. The van der Waals surface area contributed by atoms with E-state index in [4.69, 9.17) is 5.11 Å². The Morgan fingerprint density at radius 2 is 1.74 bits per heavy atom. The second-order valence-corrected chi connectivity index (χ2v) is 8.79. The van der Waals surface area contributed by atoms with E-state index in [2.05, 4.69) is 45.2 Å². The minimum Gasteiger partial charge on any atom is -0.478 e. The highest BCUT2D eigenvalue weighted by Crippen LogP contribution is 2.40. The fourth-order valence-electron chi connectivity index (χ4n) is 3.76. The number of anilines is 1. The molecule has 2 rings (SSSR count). The minimum absolute atomic E-state index is 0.183. The normalized spacial score (nSPS) is 17.5. The van der Waals surface area contributed by atoms with Gasteiger partial charge in [-0.2, -0.15) is 0 Å². The summed E-state index contributed by atoms with van der Waals surface area (Å²) in [7, 11) is 0. The van der Waals surface area contributed by atoms with Gasteiger partial charge in [-0.15, -0.1) is 0 Å². The molecule has 0 bridgehead atoms. The van der Waals surface area contributed by atoms with Crippen molar-refractivity contribution in [2.24, 2.45) is 5.41 Å². The topological polar surface area (TPSA) is 66.4 Å². The Balaban J connectivity index is 1.95. The van der Waals surface area contributed by atoms with E-state index in [0.29, 0.717) is 5.69 Å². The van der Waals surface area contributed by atoms with Crippen molar-refractivity contribution in [3.63, 3.8) is 0 Å². The van der Waals surface area contributed by atoms with Gasteiger partial charge < -0.3 is 10.4 Å².